The molecule has 0 saturated heterocycles. The van der Waals surface area contributed by atoms with Crippen molar-refractivity contribution in [2.45, 2.75) is 26.2 Å². The fourth-order valence-corrected chi connectivity index (χ4v) is 2.81. The van der Waals surface area contributed by atoms with E-state index in [4.69, 9.17) is 5.11 Å². The fraction of sp³-hybridized carbons (Fsp3) is 0.308. The quantitative estimate of drug-likeness (QED) is 0.940. The lowest BCUT2D eigenvalue weighted by Gasteiger charge is -2.11. The van der Waals surface area contributed by atoms with Crippen LogP contribution in [0.2, 0.25) is 0 Å². The number of pyridine rings is 1. The molecule has 0 amide bonds. The minimum atomic E-state index is -0.765. The highest BCUT2D eigenvalue weighted by Gasteiger charge is 2.19. The summed E-state index contributed by atoms with van der Waals surface area (Å²) >= 11 is 3.57. The molecule has 0 aliphatic heterocycles. The van der Waals surface area contributed by atoms with Gasteiger partial charge >= 0.3 is 5.97 Å². The smallest absolute Gasteiger partial charge is 0.304 e. The van der Waals surface area contributed by atoms with Gasteiger partial charge in [-0.15, -0.1) is 0 Å². The van der Waals surface area contributed by atoms with Crippen molar-refractivity contribution in [3.05, 3.63) is 40.1 Å². The maximum Gasteiger partial charge on any atom is 0.304 e. The van der Waals surface area contributed by atoms with E-state index in [1.165, 1.54) is 0 Å². The molecule has 0 radical (unpaired) electrons. The van der Waals surface area contributed by atoms with Crippen molar-refractivity contribution < 1.29 is 9.90 Å². The Morgan fingerprint density at radius 1 is 1.53 bits per heavy atom. The maximum atomic E-state index is 10.8. The third-order valence-electron chi connectivity index (χ3n) is 3.01. The Morgan fingerprint density at radius 2 is 2.24 bits per heavy atom. The van der Waals surface area contributed by atoms with Crippen LogP contribution in [0.25, 0.3) is 5.52 Å². The lowest BCUT2D eigenvalue weighted by Crippen LogP contribution is -2.06. The highest BCUT2D eigenvalue weighted by Crippen LogP contribution is 2.33. The van der Waals surface area contributed by atoms with Gasteiger partial charge in [0, 0.05) is 22.3 Å². The van der Waals surface area contributed by atoms with Crippen molar-refractivity contribution in [3.8, 4) is 0 Å². The summed E-state index contributed by atoms with van der Waals surface area (Å²) < 4.78 is 3.11. The Morgan fingerprint density at radius 3 is 2.88 bits per heavy atom. The molecular weight excluding hydrogens is 282 g/mol. The molecule has 1 atom stereocenters. The first kappa shape index (κ1) is 12.2. The van der Waals surface area contributed by atoms with E-state index in [1.54, 1.807) is 0 Å². The van der Waals surface area contributed by atoms with Crippen LogP contribution < -0.4 is 0 Å². The van der Waals surface area contributed by atoms with Crippen molar-refractivity contribution in [2.24, 2.45) is 0 Å². The predicted molar refractivity (Wildman–Crippen MR) is 70.5 cm³/mol. The Hall–Kier alpha value is -1.29. The van der Waals surface area contributed by atoms with Gasteiger partial charge in [-0.2, -0.15) is 0 Å². The minimum Gasteiger partial charge on any atom is -0.481 e. The number of rotatable bonds is 3. The lowest BCUT2D eigenvalue weighted by atomic mass is 10.0. The first-order valence-corrected chi connectivity index (χ1v) is 6.28. The first-order valence-electron chi connectivity index (χ1n) is 5.49. The first-order chi connectivity index (χ1) is 8.02. The van der Waals surface area contributed by atoms with E-state index in [1.807, 2.05) is 38.2 Å². The summed E-state index contributed by atoms with van der Waals surface area (Å²) in [5, 5.41) is 8.89. The van der Waals surface area contributed by atoms with E-state index in [-0.39, 0.29) is 12.3 Å². The summed E-state index contributed by atoms with van der Waals surface area (Å²) in [6.45, 7) is 3.97. The number of carboxylic acid groups (broad SMARTS) is 1. The average molecular weight is 296 g/mol. The number of aromatic nitrogens is 1. The molecule has 0 aliphatic carbocycles. The van der Waals surface area contributed by atoms with Gasteiger partial charge in [-0.25, -0.2) is 0 Å². The van der Waals surface area contributed by atoms with Crippen molar-refractivity contribution in [1.29, 1.82) is 0 Å². The largest absolute Gasteiger partial charge is 0.481 e. The molecule has 4 heteroatoms. The van der Waals surface area contributed by atoms with Crippen LogP contribution in [0.3, 0.4) is 0 Å². The second-order valence-electron chi connectivity index (χ2n) is 4.28. The highest BCUT2D eigenvalue weighted by atomic mass is 79.9. The number of nitrogens with zero attached hydrogens (tertiary/aromatic N) is 1. The molecule has 0 bridgehead atoms. The minimum absolute atomic E-state index is 0.00583. The molecule has 0 aromatic carbocycles. The molecule has 3 nitrogen and oxygen atoms in total. The van der Waals surface area contributed by atoms with Gasteiger partial charge in [-0.05, 0) is 40.5 Å². The molecule has 90 valence electrons. The van der Waals surface area contributed by atoms with E-state index in [0.717, 1.165) is 21.2 Å². The van der Waals surface area contributed by atoms with Crippen molar-refractivity contribution in [2.75, 3.05) is 0 Å². The van der Waals surface area contributed by atoms with Gasteiger partial charge in [0.25, 0.3) is 0 Å². The summed E-state index contributed by atoms with van der Waals surface area (Å²) in [5.74, 6) is -0.771. The van der Waals surface area contributed by atoms with Gasteiger partial charge in [0.05, 0.1) is 11.9 Å². The normalized spacial score (nSPS) is 12.9. The summed E-state index contributed by atoms with van der Waals surface area (Å²) in [6, 6.07) is 5.95. The molecule has 2 aromatic heterocycles. The molecule has 0 aliphatic rings. The molecule has 1 N–H and O–H groups in total. The van der Waals surface area contributed by atoms with Crippen molar-refractivity contribution >= 4 is 27.4 Å². The molecule has 0 saturated carbocycles. The number of halogens is 1. The number of hydrogen-bond donors (Lipinski definition) is 1. The zero-order chi connectivity index (χ0) is 12.6. The third-order valence-corrected chi connectivity index (χ3v) is 4.01. The van der Waals surface area contributed by atoms with Gasteiger partial charge in [0.15, 0.2) is 0 Å². The van der Waals surface area contributed by atoms with Crippen LogP contribution in [-0.4, -0.2) is 15.5 Å². The van der Waals surface area contributed by atoms with Crippen LogP contribution in [0.4, 0.5) is 0 Å². The Kier molecular flexibility index (Phi) is 3.24. The fourth-order valence-electron chi connectivity index (χ4n) is 2.28. The molecule has 2 heterocycles. The monoisotopic (exact) mass is 295 g/mol. The Labute approximate surface area is 108 Å². The van der Waals surface area contributed by atoms with E-state index in [0.29, 0.717) is 0 Å². The topological polar surface area (TPSA) is 41.7 Å². The lowest BCUT2D eigenvalue weighted by molar-refractivity contribution is -0.137. The molecule has 2 rings (SSSR count). The standard InChI is InChI=1S/C13H14BrNO2/c1-8(7-11(16)17)13-9(2)12(14)10-5-3-4-6-15(10)13/h3-6,8H,7H2,1-2H3,(H,16,17). The van der Waals surface area contributed by atoms with Gasteiger partial charge < -0.3 is 9.51 Å². The summed E-state index contributed by atoms with van der Waals surface area (Å²) in [4.78, 5) is 10.8. The number of aliphatic carboxylic acids is 1. The van der Waals surface area contributed by atoms with Crippen LogP contribution in [-0.2, 0) is 4.79 Å². The van der Waals surface area contributed by atoms with Crippen LogP contribution in [0.1, 0.15) is 30.5 Å². The predicted octanol–water partition coefficient (Wildman–Crippen LogP) is 3.59. The van der Waals surface area contributed by atoms with Crippen molar-refractivity contribution in [1.82, 2.24) is 4.40 Å². The second kappa shape index (κ2) is 4.53. The molecule has 0 fully saturated rings. The maximum absolute atomic E-state index is 10.8. The van der Waals surface area contributed by atoms with E-state index < -0.39 is 5.97 Å². The summed E-state index contributed by atoms with van der Waals surface area (Å²) in [6.07, 6.45) is 2.12. The Bertz CT molecular complexity index is 574. The number of hydrogen-bond acceptors (Lipinski definition) is 1. The van der Waals surface area contributed by atoms with Gasteiger partial charge in [0.1, 0.15) is 0 Å². The van der Waals surface area contributed by atoms with Crippen LogP contribution in [0.5, 0.6) is 0 Å². The SMILES string of the molecule is Cc1c(Br)c2ccccn2c1C(C)CC(=O)O. The van der Waals surface area contributed by atoms with Crippen LogP contribution in [0.15, 0.2) is 28.9 Å². The van der Waals surface area contributed by atoms with E-state index in [2.05, 4.69) is 20.3 Å². The summed E-state index contributed by atoms with van der Waals surface area (Å²) in [7, 11) is 0. The number of fused-ring (bicyclic) bond motifs is 1. The molecule has 17 heavy (non-hydrogen) atoms. The zero-order valence-corrected chi connectivity index (χ0v) is 11.4. The van der Waals surface area contributed by atoms with Gasteiger partial charge in [-0.3, -0.25) is 4.79 Å². The Balaban J connectivity index is 2.60. The number of carbonyl (C=O) groups is 1. The van der Waals surface area contributed by atoms with Crippen LogP contribution in [0, 0.1) is 6.92 Å². The third kappa shape index (κ3) is 2.09. The van der Waals surface area contributed by atoms with Crippen LogP contribution >= 0.6 is 15.9 Å². The number of carboxylic acids is 1. The zero-order valence-electron chi connectivity index (χ0n) is 9.77. The molecular formula is C13H14BrNO2. The molecule has 1 unspecified atom stereocenters. The summed E-state index contributed by atoms with van der Waals surface area (Å²) in [5.41, 5.74) is 3.26. The van der Waals surface area contributed by atoms with E-state index in [9.17, 15) is 4.79 Å². The van der Waals surface area contributed by atoms with Gasteiger partial charge in [0.2, 0.25) is 0 Å². The second-order valence-corrected chi connectivity index (χ2v) is 5.07. The average Bonchev–Trinajstić information content (AvgIpc) is 2.51. The van der Waals surface area contributed by atoms with Gasteiger partial charge in [-0.1, -0.05) is 13.0 Å². The van der Waals surface area contributed by atoms with Crippen molar-refractivity contribution in [3.63, 3.8) is 0 Å². The molecule has 2 aromatic rings. The molecule has 0 spiro atoms. The van der Waals surface area contributed by atoms with E-state index >= 15 is 0 Å². The highest BCUT2D eigenvalue weighted by molar-refractivity contribution is 9.10.